The largest absolute Gasteiger partial charge is 0.497 e. The molecule has 2 rings (SSSR count). The third-order valence-electron chi connectivity index (χ3n) is 3.18. The van der Waals surface area contributed by atoms with Crippen molar-refractivity contribution in [2.24, 2.45) is 0 Å². The van der Waals surface area contributed by atoms with Gasteiger partial charge < -0.3 is 19.5 Å². The van der Waals surface area contributed by atoms with Gasteiger partial charge in [0, 0.05) is 11.6 Å². The van der Waals surface area contributed by atoms with Crippen LogP contribution in [-0.2, 0) is 0 Å². The molecule has 8 heteroatoms. The summed E-state index contributed by atoms with van der Waals surface area (Å²) in [6.07, 6.45) is -4.42. The molecule has 0 aliphatic rings. The van der Waals surface area contributed by atoms with Gasteiger partial charge in [-0.3, -0.25) is 4.79 Å². The number of rotatable bonds is 6. The normalized spacial score (nSPS) is 10.9. The van der Waals surface area contributed by atoms with Crippen molar-refractivity contribution in [1.82, 2.24) is 0 Å². The van der Waals surface area contributed by atoms with Crippen LogP contribution in [0.2, 0.25) is 0 Å². The number of carbonyl (C=O) groups is 1. The van der Waals surface area contributed by atoms with E-state index in [1.54, 1.807) is 18.2 Å². The van der Waals surface area contributed by atoms with Gasteiger partial charge in [0.1, 0.15) is 17.2 Å². The highest BCUT2D eigenvalue weighted by Crippen LogP contribution is 2.29. The SMILES string of the molecule is COc1ccc(NC(=O)c2ccc(OCC(F)(F)F)cc2)c(OC)c1. The van der Waals surface area contributed by atoms with E-state index in [2.05, 4.69) is 10.1 Å². The van der Waals surface area contributed by atoms with Crippen LogP contribution in [0, 0.1) is 0 Å². The summed E-state index contributed by atoms with van der Waals surface area (Å²) in [4.78, 5) is 12.2. The number of nitrogens with one attached hydrogen (secondary N) is 1. The Morgan fingerprint density at radius 2 is 1.64 bits per heavy atom. The highest BCUT2D eigenvalue weighted by molar-refractivity contribution is 6.05. The molecule has 0 atom stereocenters. The minimum Gasteiger partial charge on any atom is -0.497 e. The van der Waals surface area contributed by atoms with Crippen molar-refractivity contribution < 1.29 is 32.2 Å². The van der Waals surface area contributed by atoms with Crippen molar-refractivity contribution in [1.29, 1.82) is 0 Å². The molecule has 0 unspecified atom stereocenters. The lowest BCUT2D eigenvalue weighted by atomic mass is 10.2. The number of halogens is 3. The zero-order valence-corrected chi connectivity index (χ0v) is 13.5. The molecule has 134 valence electrons. The Bertz CT molecular complexity index is 730. The third-order valence-corrected chi connectivity index (χ3v) is 3.18. The van der Waals surface area contributed by atoms with E-state index in [4.69, 9.17) is 9.47 Å². The molecular weight excluding hydrogens is 339 g/mol. The van der Waals surface area contributed by atoms with E-state index in [9.17, 15) is 18.0 Å². The van der Waals surface area contributed by atoms with E-state index in [1.165, 1.54) is 38.5 Å². The summed E-state index contributed by atoms with van der Waals surface area (Å²) in [5.41, 5.74) is 0.697. The monoisotopic (exact) mass is 355 g/mol. The van der Waals surface area contributed by atoms with Crippen LogP contribution in [0.25, 0.3) is 0 Å². The molecular formula is C17H16F3NO4. The van der Waals surface area contributed by atoms with E-state index in [-0.39, 0.29) is 11.3 Å². The molecule has 0 radical (unpaired) electrons. The molecule has 0 heterocycles. The van der Waals surface area contributed by atoms with E-state index >= 15 is 0 Å². The number of methoxy groups -OCH3 is 2. The van der Waals surface area contributed by atoms with Crippen molar-refractivity contribution >= 4 is 11.6 Å². The van der Waals surface area contributed by atoms with Crippen molar-refractivity contribution in [3.8, 4) is 17.2 Å². The molecule has 0 aliphatic heterocycles. The van der Waals surface area contributed by atoms with Crippen LogP contribution in [-0.4, -0.2) is 32.9 Å². The molecule has 0 spiro atoms. The predicted molar refractivity (Wildman–Crippen MR) is 85.5 cm³/mol. The number of benzene rings is 2. The molecule has 0 saturated carbocycles. The summed E-state index contributed by atoms with van der Waals surface area (Å²) in [6, 6.07) is 10.2. The van der Waals surface area contributed by atoms with Crippen LogP contribution in [0.3, 0.4) is 0 Å². The van der Waals surface area contributed by atoms with Crippen LogP contribution < -0.4 is 19.5 Å². The first-order valence-corrected chi connectivity index (χ1v) is 7.15. The fourth-order valence-electron chi connectivity index (χ4n) is 1.96. The van der Waals surface area contributed by atoms with Gasteiger partial charge in [0.25, 0.3) is 5.91 Å². The molecule has 5 nitrogen and oxygen atoms in total. The molecule has 1 amide bonds. The molecule has 0 aromatic heterocycles. The second kappa shape index (κ2) is 7.78. The lowest BCUT2D eigenvalue weighted by molar-refractivity contribution is -0.153. The average molecular weight is 355 g/mol. The van der Waals surface area contributed by atoms with Crippen LogP contribution in [0.1, 0.15) is 10.4 Å². The molecule has 2 aromatic rings. The fraction of sp³-hybridized carbons (Fsp3) is 0.235. The van der Waals surface area contributed by atoms with Crippen molar-refractivity contribution in [2.45, 2.75) is 6.18 Å². The smallest absolute Gasteiger partial charge is 0.422 e. The molecule has 25 heavy (non-hydrogen) atoms. The van der Waals surface area contributed by atoms with Gasteiger partial charge in [0.15, 0.2) is 6.61 Å². The maximum Gasteiger partial charge on any atom is 0.422 e. The average Bonchev–Trinajstić information content (AvgIpc) is 2.60. The number of anilines is 1. The van der Waals surface area contributed by atoms with Gasteiger partial charge >= 0.3 is 6.18 Å². The zero-order chi connectivity index (χ0) is 18.4. The Kier molecular flexibility index (Phi) is 5.74. The topological polar surface area (TPSA) is 56.8 Å². The number of alkyl halides is 3. The molecule has 2 aromatic carbocycles. The standard InChI is InChI=1S/C17H16F3NO4/c1-23-13-7-8-14(15(9-13)24-2)21-16(22)11-3-5-12(6-4-11)25-10-17(18,19)20/h3-9H,10H2,1-2H3,(H,21,22). The van der Waals surface area contributed by atoms with Gasteiger partial charge in [-0.25, -0.2) is 0 Å². The fourth-order valence-corrected chi connectivity index (χ4v) is 1.96. The van der Waals surface area contributed by atoms with Crippen LogP contribution in [0.15, 0.2) is 42.5 Å². The Morgan fingerprint density at radius 3 is 2.20 bits per heavy atom. The predicted octanol–water partition coefficient (Wildman–Crippen LogP) is 3.90. The number of hydrogen-bond acceptors (Lipinski definition) is 4. The Morgan fingerprint density at radius 1 is 1.00 bits per heavy atom. The van der Waals surface area contributed by atoms with Gasteiger partial charge in [-0.2, -0.15) is 13.2 Å². The Labute approximate surface area is 142 Å². The number of amides is 1. The van der Waals surface area contributed by atoms with Gasteiger partial charge in [-0.15, -0.1) is 0 Å². The van der Waals surface area contributed by atoms with E-state index in [0.717, 1.165) is 0 Å². The van der Waals surface area contributed by atoms with E-state index in [0.29, 0.717) is 17.2 Å². The lowest BCUT2D eigenvalue weighted by Crippen LogP contribution is -2.19. The first-order chi connectivity index (χ1) is 11.8. The van der Waals surface area contributed by atoms with Crippen molar-refractivity contribution in [3.05, 3.63) is 48.0 Å². The van der Waals surface area contributed by atoms with Crippen LogP contribution in [0.4, 0.5) is 18.9 Å². The Balaban J connectivity index is 2.06. The summed E-state index contributed by atoms with van der Waals surface area (Å²) >= 11 is 0. The molecule has 0 aliphatic carbocycles. The minimum atomic E-state index is -4.42. The second-order valence-electron chi connectivity index (χ2n) is 4.95. The van der Waals surface area contributed by atoms with Gasteiger partial charge in [0.05, 0.1) is 19.9 Å². The number of carbonyl (C=O) groups excluding carboxylic acids is 1. The first-order valence-electron chi connectivity index (χ1n) is 7.15. The van der Waals surface area contributed by atoms with E-state index < -0.39 is 18.7 Å². The summed E-state index contributed by atoms with van der Waals surface area (Å²) < 4.78 is 51.2. The van der Waals surface area contributed by atoms with Crippen LogP contribution >= 0.6 is 0 Å². The molecule has 0 fully saturated rings. The van der Waals surface area contributed by atoms with Gasteiger partial charge in [0.2, 0.25) is 0 Å². The maximum atomic E-state index is 12.2. The zero-order valence-electron chi connectivity index (χ0n) is 13.5. The number of ether oxygens (including phenoxy) is 3. The summed E-state index contributed by atoms with van der Waals surface area (Å²) in [7, 11) is 2.96. The van der Waals surface area contributed by atoms with Crippen molar-refractivity contribution in [2.75, 3.05) is 26.1 Å². The highest BCUT2D eigenvalue weighted by atomic mass is 19.4. The molecule has 1 N–H and O–H groups in total. The Hall–Kier alpha value is -2.90. The van der Waals surface area contributed by atoms with Crippen LogP contribution in [0.5, 0.6) is 17.2 Å². The lowest BCUT2D eigenvalue weighted by Gasteiger charge is -2.12. The second-order valence-corrected chi connectivity index (χ2v) is 4.95. The maximum absolute atomic E-state index is 12.2. The van der Waals surface area contributed by atoms with Gasteiger partial charge in [-0.1, -0.05) is 0 Å². The third kappa shape index (κ3) is 5.30. The van der Waals surface area contributed by atoms with E-state index in [1.807, 2.05) is 0 Å². The minimum absolute atomic E-state index is 0.0240. The quantitative estimate of drug-likeness (QED) is 0.854. The first kappa shape index (κ1) is 18.4. The van der Waals surface area contributed by atoms with Gasteiger partial charge in [-0.05, 0) is 36.4 Å². The molecule has 0 bridgehead atoms. The highest BCUT2D eigenvalue weighted by Gasteiger charge is 2.28. The molecule has 0 saturated heterocycles. The van der Waals surface area contributed by atoms with Crippen molar-refractivity contribution in [3.63, 3.8) is 0 Å². The summed E-state index contributed by atoms with van der Waals surface area (Å²) in [5, 5.41) is 2.66. The summed E-state index contributed by atoms with van der Waals surface area (Å²) in [5.74, 6) is 0.570. The number of hydrogen-bond donors (Lipinski definition) is 1. The summed E-state index contributed by atoms with van der Waals surface area (Å²) in [6.45, 7) is -1.39.